The van der Waals surface area contributed by atoms with Crippen LogP contribution in [0.1, 0.15) is 10.4 Å². The van der Waals surface area contributed by atoms with Crippen LogP contribution in [0.3, 0.4) is 0 Å². The third-order valence-corrected chi connectivity index (χ3v) is 3.48. The fraction of sp³-hybridized carbons (Fsp3) is 0. The lowest BCUT2D eigenvalue weighted by molar-refractivity contribution is 0.101. The quantitative estimate of drug-likeness (QED) is 0.626. The van der Waals surface area contributed by atoms with E-state index in [0.29, 0.717) is 22.7 Å². The second kappa shape index (κ2) is 5.88. The number of fused-ring (bicyclic) bond motifs is 1. The van der Waals surface area contributed by atoms with Crippen LogP contribution in [0.15, 0.2) is 67.4 Å². The van der Waals surface area contributed by atoms with Gasteiger partial charge in [-0.25, -0.2) is 19.6 Å². The molecule has 0 radical (unpaired) electrons. The highest BCUT2D eigenvalue weighted by atomic mass is 16.2. The first-order chi connectivity index (χ1) is 11.8. The summed E-state index contributed by atoms with van der Waals surface area (Å²) in [6.07, 6.45) is 8.05. The highest BCUT2D eigenvalue weighted by Gasteiger charge is 2.10. The van der Waals surface area contributed by atoms with Crippen molar-refractivity contribution >= 4 is 16.9 Å². The van der Waals surface area contributed by atoms with E-state index in [9.17, 15) is 4.79 Å². The van der Waals surface area contributed by atoms with Gasteiger partial charge in [0, 0.05) is 36.4 Å². The van der Waals surface area contributed by atoms with E-state index < -0.39 is 0 Å². The van der Waals surface area contributed by atoms with Gasteiger partial charge in [0.15, 0.2) is 11.5 Å². The molecule has 4 aromatic heterocycles. The summed E-state index contributed by atoms with van der Waals surface area (Å²) in [7, 11) is 0. The minimum atomic E-state index is -0.314. The molecule has 0 spiro atoms. The van der Waals surface area contributed by atoms with E-state index in [2.05, 4.69) is 25.4 Å². The molecular formula is C17H12N6O. The molecule has 0 bridgehead atoms. The van der Waals surface area contributed by atoms with Crippen LogP contribution in [0.5, 0.6) is 0 Å². The molecule has 0 saturated carbocycles. The van der Waals surface area contributed by atoms with Crippen molar-refractivity contribution in [2.24, 2.45) is 0 Å². The zero-order chi connectivity index (χ0) is 16.4. The largest absolute Gasteiger partial charge is 0.273 e. The number of carbonyl (C=O) groups excluding carboxylic acids is 1. The molecule has 4 aromatic rings. The van der Waals surface area contributed by atoms with Crippen LogP contribution < -0.4 is 5.43 Å². The zero-order valence-corrected chi connectivity index (χ0v) is 12.5. The van der Waals surface area contributed by atoms with Crippen LogP contribution in [0, 0.1) is 0 Å². The van der Waals surface area contributed by atoms with Gasteiger partial charge in [-0.1, -0.05) is 6.07 Å². The Bertz CT molecular complexity index is 994. The van der Waals surface area contributed by atoms with E-state index in [0.717, 1.165) is 5.39 Å². The predicted molar refractivity (Wildman–Crippen MR) is 88.7 cm³/mol. The topological polar surface area (TPSA) is 85.6 Å². The predicted octanol–water partition coefficient (Wildman–Crippen LogP) is 2.27. The molecule has 4 rings (SSSR count). The molecule has 7 heteroatoms. The maximum absolute atomic E-state index is 12.3. The summed E-state index contributed by atoms with van der Waals surface area (Å²) in [4.78, 5) is 29.2. The number of carbonyl (C=O) groups is 1. The van der Waals surface area contributed by atoms with E-state index in [1.54, 1.807) is 23.3 Å². The SMILES string of the molecule is O=C(Nn1ccc2cccnc21)c1cnc(-c2ccccn2)nc1. The second-order valence-corrected chi connectivity index (χ2v) is 5.05. The van der Waals surface area contributed by atoms with Gasteiger partial charge in [0.05, 0.1) is 5.56 Å². The van der Waals surface area contributed by atoms with Crippen molar-refractivity contribution in [1.29, 1.82) is 0 Å². The lowest BCUT2D eigenvalue weighted by Gasteiger charge is -2.07. The molecule has 1 amide bonds. The molecule has 0 atom stereocenters. The van der Waals surface area contributed by atoms with Gasteiger partial charge in [-0.15, -0.1) is 0 Å². The summed E-state index contributed by atoms with van der Waals surface area (Å²) >= 11 is 0. The maximum Gasteiger partial charge on any atom is 0.273 e. The van der Waals surface area contributed by atoms with E-state index in [1.165, 1.54) is 12.4 Å². The van der Waals surface area contributed by atoms with Crippen LogP contribution in [0.2, 0.25) is 0 Å². The number of amides is 1. The Balaban J connectivity index is 1.56. The van der Waals surface area contributed by atoms with Gasteiger partial charge in [-0.3, -0.25) is 15.2 Å². The van der Waals surface area contributed by atoms with Crippen molar-refractivity contribution in [3.63, 3.8) is 0 Å². The number of aromatic nitrogens is 5. The van der Waals surface area contributed by atoms with Crippen LogP contribution in [-0.2, 0) is 0 Å². The molecule has 4 heterocycles. The first-order valence-electron chi connectivity index (χ1n) is 7.28. The number of hydrogen-bond acceptors (Lipinski definition) is 5. The normalized spacial score (nSPS) is 10.7. The highest BCUT2D eigenvalue weighted by Crippen LogP contribution is 2.12. The van der Waals surface area contributed by atoms with Crippen molar-refractivity contribution < 1.29 is 4.79 Å². The Morgan fingerprint density at radius 3 is 2.54 bits per heavy atom. The van der Waals surface area contributed by atoms with Crippen molar-refractivity contribution in [1.82, 2.24) is 24.6 Å². The lowest BCUT2D eigenvalue weighted by atomic mass is 10.3. The molecule has 24 heavy (non-hydrogen) atoms. The van der Waals surface area contributed by atoms with Crippen LogP contribution in [0.25, 0.3) is 22.6 Å². The third-order valence-electron chi connectivity index (χ3n) is 3.48. The molecule has 0 fully saturated rings. The third kappa shape index (κ3) is 2.58. The zero-order valence-electron chi connectivity index (χ0n) is 12.5. The molecule has 116 valence electrons. The van der Waals surface area contributed by atoms with Gasteiger partial charge in [0.1, 0.15) is 5.69 Å². The molecule has 0 aliphatic heterocycles. The molecule has 0 saturated heterocycles. The fourth-order valence-electron chi connectivity index (χ4n) is 2.30. The smallest absolute Gasteiger partial charge is 0.267 e. The monoisotopic (exact) mass is 316 g/mol. The molecule has 1 N–H and O–H groups in total. The van der Waals surface area contributed by atoms with E-state index >= 15 is 0 Å². The standard InChI is InChI=1S/C17H12N6O/c24-17(22-23-9-6-12-4-3-8-19-16(12)23)13-10-20-15(21-11-13)14-5-1-2-7-18-14/h1-11H,(H,22,24). The van der Waals surface area contributed by atoms with E-state index in [4.69, 9.17) is 0 Å². The van der Waals surface area contributed by atoms with Gasteiger partial charge < -0.3 is 0 Å². The van der Waals surface area contributed by atoms with Crippen molar-refractivity contribution in [2.75, 3.05) is 5.43 Å². The summed E-state index contributed by atoms with van der Waals surface area (Å²) in [6.45, 7) is 0. The first kappa shape index (κ1) is 14.0. The molecule has 0 aliphatic carbocycles. The van der Waals surface area contributed by atoms with Crippen LogP contribution in [-0.4, -0.2) is 30.5 Å². The Morgan fingerprint density at radius 2 is 1.75 bits per heavy atom. The van der Waals surface area contributed by atoms with Crippen molar-refractivity contribution in [2.45, 2.75) is 0 Å². The lowest BCUT2D eigenvalue weighted by Crippen LogP contribution is -2.22. The van der Waals surface area contributed by atoms with Gasteiger partial charge in [-0.2, -0.15) is 0 Å². The number of hydrogen-bond donors (Lipinski definition) is 1. The maximum atomic E-state index is 12.3. The Labute approximate surface area is 137 Å². The van der Waals surface area contributed by atoms with Gasteiger partial charge in [-0.05, 0) is 30.3 Å². The first-order valence-corrected chi connectivity index (χ1v) is 7.28. The average molecular weight is 316 g/mol. The van der Waals surface area contributed by atoms with Gasteiger partial charge in [0.25, 0.3) is 5.91 Å². The van der Waals surface area contributed by atoms with Crippen LogP contribution in [0.4, 0.5) is 0 Å². The molecule has 7 nitrogen and oxygen atoms in total. The Morgan fingerprint density at radius 1 is 0.917 bits per heavy atom. The Kier molecular flexibility index (Phi) is 3.43. The van der Waals surface area contributed by atoms with Gasteiger partial charge in [0.2, 0.25) is 0 Å². The van der Waals surface area contributed by atoms with Crippen molar-refractivity contribution in [3.8, 4) is 11.5 Å². The van der Waals surface area contributed by atoms with Crippen LogP contribution >= 0.6 is 0 Å². The van der Waals surface area contributed by atoms with Gasteiger partial charge >= 0.3 is 0 Å². The molecule has 0 aromatic carbocycles. The number of rotatable bonds is 3. The minimum absolute atomic E-state index is 0.314. The summed E-state index contributed by atoms with van der Waals surface area (Å²) in [5.41, 5.74) is 4.45. The molecular weight excluding hydrogens is 304 g/mol. The second-order valence-electron chi connectivity index (χ2n) is 5.05. The molecule has 0 unspecified atom stereocenters. The molecule has 0 aliphatic rings. The van der Waals surface area contributed by atoms with E-state index in [1.807, 2.05) is 36.4 Å². The summed E-state index contributed by atoms with van der Waals surface area (Å²) in [5, 5.41) is 0.944. The van der Waals surface area contributed by atoms with E-state index in [-0.39, 0.29) is 5.91 Å². The summed E-state index contributed by atoms with van der Waals surface area (Å²) in [5.74, 6) is 0.158. The summed E-state index contributed by atoms with van der Waals surface area (Å²) < 4.78 is 1.57. The highest BCUT2D eigenvalue weighted by molar-refractivity contribution is 6.00. The number of nitrogens with zero attached hydrogens (tertiary/aromatic N) is 5. The number of nitrogens with one attached hydrogen (secondary N) is 1. The summed E-state index contributed by atoms with van der Waals surface area (Å²) in [6, 6.07) is 11.1. The minimum Gasteiger partial charge on any atom is -0.267 e. The van der Waals surface area contributed by atoms with Crippen molar-refractivity contribution in [3.05, 3.63) is 72.9 Å². The average Bonchev–Trinajstić information content (AvgIpc) is 3.06. The Hall–Kier alpha value is -3.61. The fourth-order valence-corrected chi connectivity index (χ4v) is 2.30. The number of pyridine rings is 2.